The van der Waals surface area contributed by atoms with E-state index in [4.69, 9.17) is 13.9 Å². The number of nitrogens with one attached hydrogen (secondary N) is 2. The van der Waals surface area contributed by atoms with Crippen molar-refractivity contribution in [2.75, 3.05) is 31.5 Å². The maximum atomic E-state index is 11.6. The summed E-state index contributed by atoms with van der Waals surface area (Å²) in [5.74, 6) is 1.19. The van der Waals surface area contributed by atoms with Gasteiger partial charge in [0.05, 0.1) is 26.5 Å². The molecule has 0 aliphatic rings. The average molecular weight is 697 g/mol. The first kappa shape index (κ1) is 36.5. The lowest BCUT2D eigenvalue weighted by atomic mass is 10.1. The van der Waals surface area contributed by atoms with E-state index >= 15 is 0 Å². The maximum absolute atomic E-state index is 11.6. The first-order valence-corrected chi connectivity index (χ1v) is 18.9. The zero-order chi connectivity index (χ0) is 35.7. The highest BCUT2D eigenvalue weighted by Crippen LogP contribution is 2.37. The molecule has 0 bridgehead atoms. The van der Waals surface area contributed by atoms with Crippen LogP contribution in [0, 0.1) is 0 Å². The van der Waals surface area contributed by atoms with Crippen molar-refractivity contribution in [1.82, 2.24) is 19.7 Å². The molecular formula is C38H48N6O5Si. The van der Waals surface area contributed by atoms with Crippen LogP contribution < -0.4 is 25.7 Å². The van der Waals surface area contributed by atoms with Crippen LogP contribution in [0.4, 0.5) is 16.6 Å². The van der Waals surface area contributed by atoms with Gasteiger partial charge in [-0.05, 0) is 45.9 Å². The second kappa shape index (κ2) is 16.3. The third-order valence-electron chi connectivity index (χ3n) is 8.86. The molecule has 3 aromatic carbocycles. The van der Waals surface area contributed by atoms with E-state index in [1.165, 1.54) is 10.4 Å². The Labute approximate surface area is 295 Å². The number of fused-ring (bicyclic) bond motifs is 1. The van der Waals surface area contributed by atoms with Gasteiger partial charge in [0.15, 0.2) is 5.82 Å². The number of hydrogen-bond donors (Lipinski definition) is 3. The lowest BCUT2D eigenvalue weighted by Gasteiger charge is -2.43. The predicted molar refractivity (Wildman–Crippen MR) is 200 cm³/mol. The van der Waals surface area contributed by atoms with Gasteiger partial charge in [-0.25, -0.2) is 9.78 Å². The summed E-state index contributed by atoms with van der Waals surface area (Å²) < 4.78 is 20.1. The van der Waals surface area contributed by atoms with Crippen LogP contribution in [0.15, 0.2) is 85.1 Å². The summed E-state index contributed by atoms with van der Waals surface area (Å²) in [5, 5.41) is 22.4. The van der Waals surface area contributed by atoms with Gasteiger partial charge < -0.3 is 24.3 Å². The highest BCUT2D eigenvalue weighted by Gasteiger charge is 2.50. The molecule has 12 heteroatoms. The van der Waals surface area contributed by atoms with Gasteiger partial charge in [-0.3, -0.25) is 10.00 Å². The molecule has 0 saturated carbocycles. The monoisotopic (exact) mass is 696 g/mol. The van der Waals surface area contributed by atoms with Crippen LogP contribution in [0.5, 0.6) is 5.75 Å². The topological polar surface area (TPSA) is 133 Å². The molecule has 0 saturated heterocycles. The van der Waals surface area contributed by atoms with E-state index in [9.17, 15) is 9.90 Å². The molecule has 0 unspecified atom stereocenters. The Hall–Kier alpha value is -4.78. The molecule has 0 spiro atoms. The van der Waals surface area contributed by atoms with Crippen LogP contribution in [-0.4, -0.2) is 66.1 Å². The smallest absolute Gasteiger partial charge is 0.411 e. The zero-order valence-electron chi connectivity index (χ0n) is 29.8. The number of carbonyl (C=O) groups is 1. The summed E-state index contributed by atoms with van der Waals surface area (Å²) in [6.45, 7) is 10.3. The Morgan fingerprint density at radius 2 is 1.64 bits per heavy atom. The van der Waals surface area contributed by atoms with Gasteiger partial charge in [0.2, 0.25) is 5.95 Å². The number of carboxylic acid groups (broad SMARTS) is 1. The standard InChI is InChI=1S/C38H48N6O5Si/c1-7-14-29(21-22-49-50(38(2,3)4,30-15-10-8-11-16-30)31-17-12-9-13-18-31)40-35-34-32(41-36(42-35)43-37(45)46)24-39-44(34)25-28-23-27(26-47-5)19-20-33(28)48-6/h8-13,15-20,23-24,29H,7,14,21-22,25-26H2,1-6H3,(H,45,46)(H2,40,41,42,43)/t29-/m0/s1. The summed E-state index contributed by atoms with van der Waals surface area (Å²) in [5.41, 5.74) is 3.09. The van der Waals surface area contributed by atoms with E-state index in [-0.39, 0.29) is 17.0 Å². The fraction of sp³-hybridized carbons (Fsp3) is 0.368. The van der Waals surface area contributed by atoms with Crippen LogP contribution in [-0.2, 0) is 22.3 Å². The van der Waals surface area contributed by atoms with E-state index in [2.05, 4.69) is 102 Å². The van der Waals surface area contributed by atoms with Gasteiger partial charge >= 0.3 is 6.09 Å². The molecule has 0 radical (unpaired) electrons. The van der Waals surface area contributed by atoms with E-state index in [1.807, 2.05) is 35.0 Å². The second-order valence-corrected chi connectivity index (χ2v) is 17.7. The molecule has 2 heterocycles. The molecule has 0 aliphatic heterocycles. The molecule has 264 valence electrons. The number of ether oxygens (including phenoxy) is 2. The number of rotatable bonds is 16. The second-order valence-electron chi connectivity index (χ2n) is 13.4. The van der Waals surface area contributed by atoms with Gasteiger partial charge in [0.1, 0.15) is 16.8 Å². The average Bonchev–Trinajstić information content (AvgIpc) is 3.49. The summed E-state index contributed by atoms with van der Waals surface area (Å²) in [4.78, 5) is 20.8. The Balaban J connectivity index is 1.49. The lowest BCUT2D eigenvalue weighted by molar-refractivity contribution is 0.184. The van der Waals surface area contributed by atoms with Crippen LogP contribution >= 0.6 is 0 Å². The van der Waals surface area contributed by atoms with Gasteiger partial charge in [-0.2, -0.15) is 10.1 Å². The molecule has 2 aromatic heterocycles. The van der Waals surface area contributed by atoms with Crippen LogP contribution in [0.1, 0.15) is 58.1 Å². The fourth-order valence-corrected chi connectivity index (χ4v) is 11.3. The molecule has 50 heavy (non-hydrogen) atoms. The van der Waals surface area contributed by atoms with E-state index < -0.39 is 14.4 Å². The van der Waals surface area contributed by atoms with E-state index in [1.54, 1.807) is 20.4 Å². The molecule has 1 amide bonds. The van der Waals surface area contributed by atoms with Gasteiger partial charge in [-0.1, -0.05) is 101 Å². The molecule has 5 rings (SSSR count). The Bertz CT molecular complexity index is 1820. The molecule has 3 N–H and O–H groups in total. The number of amides is 1. The van der Waals surface area contributed by atoms with Gasteiger partial charge in [-0.15, -0.1) is 0 Å². The number of aromatic nitrogens is 4. The number of hydrogen-bond acceptors (Lipinski definition) is 8. The number of nitrogens with zero attached hydrogens (tertiary/aromatic N) is 4. The highest BCUT2D eigenvalue weighted by atomic mass is 28.4. The molecule has 0 fully saturated rings. The van der Waals surface area contributed by atoms with Crippen molar-refractivity contribution < 1.29 is 23.8 Å². The largest absolute Gasteiger partial charge is 0.496 e. The van der Waals surface area contributed by atoms with Gasteiger partial charge in [0.25, 0.3) is 8.32 Å². The van der Waals surface area contributed by atoms with E-state index in [0.29, 0.717) is 43.0 Å². The minimum Gasteiger partial charge on any atom is -0.496 e. The SMILES string of the molecule is CCC[C@@H](CCO[Si](c1ccccc1)(c1ccccc1)C(C)(C)C)Nc1nc(NC(=O)O)nc2cnn(Cc3cc(COC)ccc3OC)c12. The van der Waals surface area contributed by atoms with E-state index in [0.717, 1.165) is 29.7 Å². The molecule has 1 atom stereocenters. The molecule has 11 nitrogen and oxygen atoms in total. The number of methoxy groups -OCH3 is 2. The summed E-state index contributed by atoms with van der Waals surface area (Å²) >= 11 is 0. The molecular weight excluding hydrogens is 649 g/mol. The normalized spacial score (nSPS) is 12.5. The Morgan fingerprint density at radius 1 is 0.960 bits per heavy atom. The van der Waals surface area contributed by atoms with Crippen molar-refractivity contribution in [2.45, 2.75) is 71.2 Å². The quantitative estimate of drug-likeness (QED) is 0.0969. The Morgan fingerprint density at radius 3 is 2.22 bits per heavy atom. The minimum atomic E-state index is -2.73. The third-order valence-corrected chi connectivity index (χ3v) is 13.9. The minimum absolute atomic E-state index is 0.0227. The summed E-state index contributed by atoms with van der Waals surface area (Å²) in [6.07, 6.45) is 2.85. The summed E-state index contributed by atoms with van der Waals surface area (Å²) in [7, 11) is 0.574. The van der Waals surface area contributed by atoms with Crippen molar-refractivity contribution in [3.05, 3.63) is 96.2 Å². The number of benzene rings is 3. The lowest BCUT2D eigenvalue weighted by Crippen LogP contribution is -2.66. The van der Waals surface area contributed by atoms with Crippen LogP contribution in [0.2, 0.25) is 5.04 Å². The van der Waals surface area contributed by atoms with Crippen molar-refractivity contribution in [2.24, 2.45) is 0 Å². The van der Waals surface area contributed by atoms with Crippen molar-refractivity contribution in [3.63, 3.8) is 0 Å². The number of anilines is 2. The summed E-state index contributed by atoms with van der Waals surface area (Å²) in [6, 6.07) is 27.1. The van der Waals surface area contributed by atoms with Crippen LogP contribution in [0.25, 0.3) is 11.0 Å². The zero-order valence-corrected chi connectivity index (χ0v) is 30.8. The third kappa shape index (κ3) is 8.15. The first-order valence-electron chi connectivity index (χ1n) is 17.0. The fourth-order valence-electron chi connectivity index (χ4n) is 6.69. The Kier molecular flexibility index (Phi) is 11.9. The first-order chi connectivity index (χ1) is 24.1. The predicted octanol–water partition coefficient (Wildman–Crippen LogP) is 6.67. The van der Waals surface area contributed by atoms with Crippen molar-refractivity contribution in [3.8, 4) is 5.75 Å². The molecule has 0 aliphatic carbocycles. The molecule has 5 aromatic rings. The van der Waals surface area contributed by atoms with Gasteiger partial charge in [0, 0.05) is 25.3 Å². The van der Waals surface area contributed by atoms with Crippen molar-refractivity contribution in [1.29, 1.82) is 0 Å². The maximum Gasteiger partial charge on any atom is 0.411 e. The highest BCUT2D eigenvalue weighted by molar-refractivity contribution is 6.99. The van der Waals surface area contributed by atoms with Crippen molar-refractivity contribution >= 4 is 47.6 Å². The van der Waals surface area contributed by atoms with Crippen LogP contribution in [0.3, 0.4) is 0 Å².